The Morgan fingerprint density at radius 3 is 1.43 bits per heavy atom. The summed E-state index contributed by atoms with van der Waals surface area (Å²) in [6.07, 6.45) is 12.0. The molecule has 0 spiro atoms. The number of rotatable bonds is 14. The van der Waals surface area contributed by atoms with Gasteiger partial charge in [0.05, 0.1) is 0 Å². The van der Waals surface area contributed by atoms with Gasteiger partial charge in [-0.2, -0.15) is 0 Å². The molecule has 4 nitrogen and oxygen atoms in total. The van der Waals surface area contributed by atoms with Crippen LogP contribution in [0.3, 0.4) is 0 Å². The Bertz CT molecular complexity index is 285. The minimum Gasteiger partial charge on any atom is -0.480 e. The lowest BCUT2D eigenvalue weighted by Gasteiger charge is -2.22. The number of aliphatic carboxylic acids is 2. The fourth-order valence-electron chi connectivity index (χ4n) is 2.70. The van der Waals surface area contributed by atoms with Gasteiger partial charge in [-0.15, -0.1) is 0 Å². The summed E-state index contributed by atoms with van der Waals surface area (Å²) in [4.78, 5) is 22.4. The van der Waals surface area contributed by atoms with Crippen LogP contribution < -0.4 is 0 Å². The van der Waals surface area contributed by atoms with Gasteiger partial charge in [-0.05, 0) is 12.8 Å². The predicted octanol–water partition coefficient (Wildman–Crippen LogP) is 4.86. The Morgan fingerprint density at radius 2 is 1.10 bits per heavy atom. The van der Waals surface area contributed by atoms with Crippen LogP contribution in [0.5, 0.6) is 0 Å². The van der Waals surface area contributed by atoms with Crippen molar-refractivity contribution >= 4 is 11.9 Å². The summed E-state index contributed by atoms with van der Waals surface area (Å²) in [5, 5.41) is 18.3. The van der Waals surface area contributed by atoms with Gasteiger partial charge in [-0.3, -0.25) is 9.59 Å². The van der Waals surface area contributed by atoms with E-state index in [1.807, 2.05) is 0 Å². The number of unbranched alkanes of at least 4 members (excludes halogenated alkanes) is 9. The van der Waals surface area contributed by atoms with E-state index in [2.05, 4.69) is 6.92 Å². The number of carbonyl (C=O) groups is 2. The van der Waals surface area contributed by atoms with E-state index in [9.17, 15) is 9.59 Å². The minimum absolute atomic E-state index is 0.148. The van der Waals surface area contributed by atoms with E-state index < -0.39 is 17.4 Å². The normalized spacial score (nSPS) is 11.5. The van der Waals surface area contributed by atoms with Crippen LogP contribution in [-0.2, 0) is 9.59 Å². The largest absolute Gasteiger partial charge is 0.480 e. The Kier molecular flexibility index (Phi) is 11.0. The van der Waals surface area contributed by atoms with Crippen molar-refractivity contribution in [1.82, 2.24) is 0 Å². The first-order valence-electron chi connectivity index (χ1n) is 8.48. The lowest BCUT2D eigenvalue weighted by atomic mass is 9.80. The van der Waals surface area contributed by atoms with Gasteiger partial charge in [0.2, 0.25) is 0 Å². The van der Waals surface area contributed by atoms with Gasteiger partial charge in [-0.1, -0.05) is 78.1 Å². The molecule has 0 atom stereocenters. The molecule has 0 heterocycles. The van der Waals surface area contributed by atoms with Gasteiger partial charge >= 0.3 is 11.9 Å². The molecule has 0 unspecified atom stereocenters. The second kappa shape index (κ2) is 11.6. The Hall–Kier alpha value is -1.06. The summed E-state index contributed by atoms with van der Waals surface area (Å²) in [6, 6.07) is 0. The summed E-state index contributed by atoms with van der Waals surface area (Å²) in [7, 11) is 0. The fourth-order valence-corrected chi connectivity index (χ4v) is 2.70. The maximum absolute atomic E-state index is 11.2. The van der Waals surface area contributed by atoms with Crippen LogP contribution in [0.1, 0.15) is 90.9 Å². The number of hydrogen-bond acceptors (Lipinski definition) is 2. The molecule has 0 saturated heterocycles. The van der Waals surface area contributed by atoms with Crippen molar-refractivity contribution in [1.29, 1.82) is 0 Å². The van der Waals surface area contributed by atoms with Crippen LogP contribution in [-0.4, -0.2) is 22.2 Å². The van der Waals surface area contributed by atoms with E-state index in [0.29, 0.717) is 6.42 Å². The smallest absolute Gasteiger partial charge is 0.321 e. The van der Waals surface area contributed by atoms with E-state index in [0.717, 1.165) is 12.8 Å². The van der Waals surface area contributed by atoms with E-state index in [-0.39, 0.29) is 12.8 Å². The standard InChI is InChI=1S/C17H32O4/c1-3-5-6-7-8-9-10-11-12-13-14-17(4-2,15(18)19)16(20)21/h3-14H2,1-2H3,(H,18,19)(H,20,21). The maximum Gasteiger partial charge on any atom is 0.321 e. The van der Waals surface area contributed by atoms with E-state index in [1.165, 1.54) is 44.9 Å². The fraction of sp³-hybridized carbons (Fsp3) is 0.882. The highest BCUT2D eigenvalue weighted by Gasteiger charge is 2.44. The third-order valence-corrected chi connectivity index (χ3v) is 4.38. The summed E-state index contributed by atoms with van der Waals surface area (Å²) >= 11 is 0. The molecule has 21 heavy (non-hydrogen) atoms. The van der Waals surface area contributed by atoms with Crippen LogP contribution in [0.15, 0.2) is 0 Å². The maximum atomic E-state index is 11.2. The Labute approximate surface area is 128 Å². The third kappa shape index (κ3) is 7.49. The van der Waals surface area contributed by atoms with Crippen LogP contribution in [0, 0.1) is 5.41 Å². The van der Waals surface area contributed by atoms with E-state index in [4.69, 9.17) is 10.2 Å². The Balaban J connectivity index is 3.73. The molecule has 0 aromatic carbocycles. The molecule has 4 heteroatoms. The van der Waals surface area contributed by atoms with Crippen LogP contribution in [0.2, 0.25) is 0 Å². The Morgan fingerprint density at radius 1 is 0.714 bits per heavy atom. The molecular formula is C17H32O4. The molecule has 0 aliphatic heterocycles. The summed E-state index contributed by atoms with van der Waals surface area (Å²) < 4.78 is 0. The molecule has 0 amide bonds. The van der Waals surface area contributed by atoms with Crippen LogP contribution in [0.25, 0.3) is 0 Å². The third-order valence-electron chi connectivity index (χ3n) is 4.38. The van der Waals surface area contributed by atoms with E-state index in [1.54, 1.807) is 6.92 Å². The molecule has 0 aromatic heterocycles. The highest BCUT2D eigenvalue weighted by Crippen LogP contribution is 2.30. The zero-order chi connectivity index (χ0) is 16.1. The van der Waals surface area contributed by atoms with Crippen molar-refractivity contribution in [2.24, 2.45) is 5.41 Å². The monoisotopic (exact) mass is 300 g/mol. The van der Waals surface area contributed by atoms with Gasteiger partial charge < -0.3 is 10.2 Å². The van der Waals surface area contributed by atoms with Crippen LogP contribution in [0.4, 0.5) is 0 Å². The molecule has 0 rings (SSSR count). The SMILES string of the molecule is CCCCCCCCCCCCC(CC)(C(=O)O)C(=O)O. The number of carboxylic acids is 2. The zero-order valence-corrected chi connectivity index (χ0v) is 13.7. The molecule has 124 valence electrons. The first-order chi connectivity index (χ1) is 10.0. The van der Waals surface area contributed by atoms with Gasteiger partial charge in [0.25, 0.3) is 0 Å². The predicted molar refractivity (Wildman–Crippen MR) is 84.5 cm³/mol. The number of carboxylic acid groups (broad SMARTS) is 2. The average Bonchev–Trinajstić information content (AvgIpc) is 2.44. The van der Waals surface area contributed by atoms with Gasteiger partial charge in [-0.25, -0.2) is 0 Å². The van der Waals surface area contributed by atoms with Crippen molar-refractivity contribution in [3.63, 3.8) is 0 Å². The highest BCUT2D eigenvalue weighted by molar-refractivity contribution is 5.98. The molecule has 0 fully saturated rings. The van der Waals surface area contributed by atoms with Crippen LogP contribution >= 0.6 is 0 Å². The molecule has 0 saturated carbocycles. The summed E-state index contributed by atoms with van der Waals surface area (Å²) in [5.41, 5.74) is -1.58. The average molecular weight is 300 g/mol. The molecule has 0 aromatic rings. The summed E-state index contributed by atoms with van der Waals surface area (Å²) in [6.45, 7) is 3.85. The van der Waals surface area contributed by atoms with Crippen molar-refractivity contribution in [2.75, 3.05) is 0 Å². The van der Waals surface area contributed by atoms with Gasteiger partial charge in [0, 0.05) is 0 Å². The molecule has 0 aliphatic rings. The van der Waals surface area contributed by atoms with E-state index >= 15 is 0 Å². The zero-order valence-electron chi connectivity index (χ0n) is 13.7. The topological polar surface area (TPSA) is 74.6 Å². The highest BCUT2D eigenvalue weighted by atomic mass is 16.4. The van der Waals surface area contributed by atoms with Crippen molar-refractivity contribution < 1.29 is 19.8 Å². The summed E-state index contributed by atoms with van der Waals surface area (Å²) in [5.74, 6) is -2.40. The quantitative estimate of drug-likeness (QED) is 0.355. The lowest BCUT2D eigenvalue weighted by molar-refractivity contribution is -0.165. The van der Waals surface area contributed by atoms with Gasteiger partial charge in [0.15, 0.2) is 5.41 Å². The van der Waals surface area contributed by atoms with Crippen molar-refractivity contribution in [3.8, 4) is 0 Å². The number of hydrogen-bond donors (Lipinski definition) is 2. The molecule has 2 N–H and O–H groups in total. The first kappa shape index (κ1) is 19.9. The van der Waals surface area contributed by atoms with Crippen molar-refractivity contribution in [3.05, 3.63) is 0 Å². The molecule has 0 aliphatic carbocycles. The first-order valence-corrected chi connectivity index (χ1v) is 8.48. The molecular weight excluding hydrogens is 268 g/mol. The van der Waals surface area contributed by atoms with Crippen molar-refractivity contribution in [2.45, 2.75) is 90.9 Å². The molecule has 0 radical (unpaired) electrons. The second-order valence-electron chi connectivity index (χ2n) is 5.98. The minimum atomic E-state index is -1.58. The lowest BCUT2D eigenvalue weighted by Crippen LogP contribution is -2.38. The second-order valence-corrected chi connectivity index (χ2v) is 5.98. The van der Waals surface area contributed by atoms with Gasteiger partial charge in [0.1, 0.15) is 0 Å². The molecule has 0 bridgehead atoms.